The van der Waals surface area contributed by atoms with Crippen LogP contribution in [0.1, 0.15) is 47.7 Å². The lowest BCUT2D eigenvalue weighted by molar-refractivity contribution is -0.139. The number of ketones is 1. The minimum Gasteiger partial charge on any atom is -0.366 e. The van der Waals surface area contributed by atoms with E-state index in [-0.39, 0.29) is 35.8 Å². The summed E-state index contributed by atoms with van der Waals surface area (Å²) in [5.41, 5.74) is 0.776. The van der Waals surface area contributed by atoms with Crippen molar-refractivity contribution in [1.29, 1.82) is 0 Å². The number of carbonyl (C=O) groups is 3. The fourth-order valence-electron chi connectivity index (χ4n) is 5.09. The van der Waals surface area contributed by atoms with Crippen molar-refractivity contribution >= 4 is 40.5 Å². The van der Waals surface area contributed by atoms with Gasteiger partial charge in [-0.15, -0.1) is 22.9 Å². The average Bonchev–Trinajstić information content (AvgIpc) is 3.56. The van der Waals surface area contributed by atoms with E-state index in [9.17, 15) is 14.4 Å². The number of hydrogen-bond acceptors (Lipinski definition) is 8. The van der Waals surface area contributed by atoms with E-state index in [0.717, 1.165) is 42.5 Å². The van der Waals surface area contributed by atoms with Crippen LogP contribution < -0.4 is 5.32 Å². The molecule has 2 saturated heterocycles. The topological polar surface area (TPSA) is 114 Å². The largest absolute Gasteiger partial charge is 0.366 e. The molecule has 0 radical (unpaired) electrons. The molecule has 1 N–H and O–H groups in total. The van der Waals surface area contributed by atoms with Crippen LogP contribution in [0.15, 0.2) is 18.6 Å². The molecule has 2 amide bonds. The Labute approximate surface area is 206 Å². The maximum Gasteiger partial charge on any atom is 0.280 e. The predicted octanol–water partition coefficient (Wildman–Crippen LogP) is 2.37. The summed E-state index contributed by atoms with van der Waals surface area (Å²) in [4.78, 5) is 54.3. The first kappa shape index (κ1) is 23.3. The number of halogens is 1. The molecule has 0 unspecified atom stereocenters. The number of nitrogens with one attached hydrogen (secondary N) is 1. The summed E-state index contributed by atoms with van der Waals surface area (Å²) < 4.78 is 5.53. The van der Waals surface area contributed by atoms with Gasteiger partial charge in [-0.3, -0.25) is 14.4 Å². The van der Waals surface area contributed by atoms with Gasteiger partial charge in [0.05, 0.1) is 10.3 Å². The van der Waals surface area contributed by atoms with Gasteiger partial charge in [-0.2, -0.15) is 0 Å². The minimum absolute atomic E-state index is 0.000352. The number of nitrogens with zero attached hydrogens (tertiary/aromatic N) is 4. The molecule has 0 bridgehead atoms. The Morgan fingerprint density at radius 2 is 1.91 bits per heavy atom. The molecule has 4 atom stereocenters. The number of fused-ring (bicyclic) bond motifs is 1. The Bertz CT molecular complexity index is 1090. The third kappa shape index (κ3) is 4.46. The predicted molar refractivity (Wildman–Crippen MR) is 126 cm³/mol. The molecule has 0 spiro atoms. The third-order valence-corrected chi connectivity index (χ3v) is 8.28. The molecule has 11 heteroatoms. The zero-order valence-corrected chi connectivity index (χ0v) is 20.3. The highest BCUT2D eigenvalue weighted by molar-refractivity contribution is 7.16. The van der Waals surface area contributed by atoms with Gasteiger partial charge in [-0.1, -0.05) is 19.3 Å². The maximum atomic E-state index is 13.7. The Balaban J connectivity index is 1.36. The summed E-state index contributed by atoms with van der Waals surface area (Å²) >= 11 is 7.63. The molecule has 4 heterocycles. The van der Waals surface area contributed by atoms with E-state index >= 15 is 0 Å². The fourth-order valence-corrected chi connectivity index (χ4v) is 6.24. The highest BCUT2D eigenvalue weighted by Gasteiger charge is 2.53. The molecule has 2 aromatic rings. The molecular weight excluding hydrogens is 478 g/mol. The van der Waals surface area contributed by atoms with Gasteiger partial charge in [0.2, 0.25) is 5.91 Å². The third-order valence-electron chi connectivity index (χ3n) is 6.84. The summed E-state index contributed by atoms with van der Waals surface area (Å²) in [5.74, 6) is -0.142. The highest BCUT2D eigenvalue weighted by Crippen LogP contribution is 2.34. The number of carbonyl (C=O) groups excluding carboxylic acids is 3. The van der Waals surface area contributed by atoms with Crippen molar-refractivity contribution in [2.24, 2.45) is 5.92 Å². The van der Waals surface area contributed by atoms with Gasteiger partial charge in [0.25, 0.3) is 5.91 Å². The van der Waals surface area contributed by atoms with Crippen molar-refractivity contribution < 1.29 is 19.1 Å². The Morgan fingerprint density at radius 1 is 1.18 bits per heavy atom. The van der Waals surface area contributed by atoms with Crippen LogP contribution in [0.4, 0.5) is 0 Å². The smallest absolute Gasteiger partial charge is 0.280 e. The normalized spacial score (nSPS) is 25.9. The zero-order chi connectivity index (χ0) is 23.8. The van der Waals surface area contributed by atoms with E-state index in [1.165, 1.54) is 16.2 Å². The zero-order valence-electron chi connectivity index (χ0n) is 18.8. The van der Waals surface area contributed by atoms with Crippen molar-refractivity contribution in [3.8, 4) is 10.4 Å². The highest BCUT2D eigenvalue weighted by atomic mass is 35.5. The lowest BCUT2D eigenvalue weighted by Gasteiger charge is -2.34. The summed E-state index contributed by atoms with van der Waals surface area (Å²) in [6.07, 6.45) is 9.33. The maximum absolute atomic E-state index is 13.7. The number of ether oxygens (including phenoxy) is 1. The van der Waals surface area contributed by atoms with E-state index in [1.54, 1.807) is 25.5 Å². The first-order valence-electron chi connectivity index (χ1n) is 11.6. The Morgan fingerprint density at radius 3 is 2.65 bits per heavy atom. The number of Topliss-reactive ketones (excluding diaryl/α,β-unsaturated/α-hetero) is 1. The van der Waals surface area contributed by atoms with Crippen molar-refractivity contribution in [3.05, 3.63) is 29.4 Å². The number of thiazole rings is 1. The first-order valence-corrected chi connectivity index (χ1v) is 12.8. The second kappa shape index (κ2) is 9.67. The first-order chi connectivity index (χ1) is 16.4. The monoisotopic (exact) mass is 503 g/mol. The van der Waals surface area contributed by atoms with Gasteiger partial charge in [0, 0.05) is 30.7 Å². The molecule has 2 aliphatic heterocycles. The van der Waals surface area contributed by atoms with Gasteiger partial charge >= 0.3 is 0 Å². The fraction of sp³-hybridized carbons (Fsp3) is 0.565. The van der Waals surface area contributed by atoms with Gasteiger partial charge in [0.15, 0.2) is 10.8 Å². The van der Waals surface area contributed by atoms with Crippen LogP contribution in [0.3, 0.4) is 0 Å². The summed E-state index contributed by atoms with van der Waals surface area (Å²) in [6.45, 7) is 2.00. The molecule has 1 saturated carbocycles. The van der Waals surface area contributed by atoms with E-state index in [1.807, 2.05) is 0 Å². The summed E-state index contributed by atoms with van der Waals surface area (Å²) in [6, 6.07) is -1.41. The quantitative estimate of drug-likeness (QED) is 0.623. The van der Waals surface area contributed by atoms with Crippen LogP contribution in [0.5, 0.6) is 0 Å². The molecular formula is C23H26ClN5O4S. The van der Waals surface area contributed by atoms with Crippen LogP contribution >= 0.6 is 22.9 Å². The molecule has 3 fully saturated rings. The minimum atomic E-state index is -0.737. The number of hydrogen-bond donors (Lipinski definition) is 1. The van der Waals surface area contributed by atoms with Gasteiger partial charge in [0.1, 0.15) is 30.6 Å². The molecule has 0 aromatic carbocycles. The molecule has 1 aliphatic carbocycles. The summed E-state index contributed by atoms with van der Waals surface area (Å²) in [5, 5.41) is 2.77. The van der Waals surface area contributed by atoms with E-state index < -0.39 is 29.5 Å². The van der Waals surface area contributed by atoms with Crippen molar-refractivity contribution in [2.75, 3.05) is 13.2 Å². The second-order valence-corrected chi connectivity index (χ2v) is 10.7. The van der Waals surface area contributed by atoms with Crippen LogP contribution in [0, 0.1) is 12.8 Å². The van der Waals surface area contributed by atoms with E-state index in [2.05, 4.69) is 20.3 Å². The number of amides is 2. The van der Waals surface area contributed by atoms with Gasteiger partial charge in [-0.05, 0) is 25.7 Å². The molecule has 180 valence electrons. The molecule has 9 nitrogen and oxygen atoms in total. The van der Waals surface area contributed by atoms with Gasteiger partial charge in [-0.25, -0.2) is 15.0 Å². The molecule has 34 heavy (non-hydrogen) atoms. The number of aromatic nitrogens is 3. The second-order valence-electron chi connectivity index (χ2n) is 9.09. The average molecular weight is 504 g/mol. The van der Waals surface area contributed by atoms with Gasteiger partial charge < -0.3 is 15.0 Å². The number of likely N-dealkylation sites (tertiary alicyclic amines) is 1. The Hall–Kier alpha value is -2.43. The van der Waals surface area contributed by atoms with Crippen LogP contribution in [-0.2, 0) is 14.3 Å². The molecule has 3 aliphatic rings. The lowest BCUT2D eigenvalue weighted by Crippen LogP contribution is -2.55. The van der Waals surface area contributed by atoms with Crippen LogP contribution in [0.2, 0.25) is 0 Å². The van der Waals surface area contributed by atoms with Crippen molar-refractivity contribution in [2.45, 2.75) is 62.6 Å². The molecule has 2 aromatic heterocycles. The summed E-state index contributed by atoms with van der Waals surface area (Å²) in [7, 11) is 0. The number of alkyl halides is 1. The lowest BCUT2D eigenvalue weighted by atomic mass is 9.83. The number of rotatable bonds is 5. The SMILES string of the molecule is Cc1ncc(-c2cnc(C(=O)N[C@H](C(=O)N3C[C@H](Cl)[C@H]4OCC(=O)[C@H]43)C3CCCCC3)s2)cn1. The van der Waals surface area contributed by atoms with Crippen LogP contribution in [-0.4, -0.2) is 74.2 Å². The standard InChI is InChI=1S/C23H26ClN5O4S/c1-12-25-7-14(8-26-12)17-9-27-22(34-17)21(31)28-18(13-5-3-2-4-6-13)23(32)29-10-15(24)20-19(29)16(30)11-33-20/h7-9,13,15,18-20H,2-6,10-11H2,1H3,(H,28,31)/t15-,18-,19+,20+/m0/s1. The number of aryl methyl sites for hydroxylation is 1. The van der Waals surface area contributed by atoms with E-state index in [4.69, 9.17) is 16.3 Å². The van der Waals surface area contributed by atoms with Crippen molar-refractivity contribution in [1.82, 2.24) is 25.2 Å². The Kier molecular flexibility index (Phi) is 6.63. The van der Waals surface area contributed by atoms with Crippen LogP contribution in [0.25, 0.3) is 10.4 Å². The molecule has 5 rings (SSSR count). The van der Waals surface area contributed by atoms with E-state index in [0.29, 0.717) is 5.82 Å². The van der Waals surface area contributed by atoms with Crippen molar-refractivity contribution in [3.63, 3.8) is 0 Å².